The first-order chi connectivity index (χ1) is 7.85. The summed E-state index contributed by atoms with van der Waals surface area (Å²) in [5, 5.41) is 0. The maximum absolute atomic E-state index is 12.0. The van der Waals surface area contributed by atoms with E-state index >= 15 is 0 Å². The third-order valence-electron chi connectivity index (χ3n) is 2.70. The number of hydrogen-bond donors (Lipinski definition) is 1. The summed E-state index contributed by atoms with van der Waals surface area (Å²) in [5.74, 6) is -0.0874. The molecule has 1 aliphatic heterocycles. The molecule has 1 amide bonds. The highest BCUT2D eigenvalue weighted by atomic mass is 16.6. The predicted octanol–water partition coefficient (Wildman–Crippen LogP) is 1.30. The number of hydrogen-bond acceptors (Lipinski definition) is 4. The Balaban J connectivity index is 2.71. The van der Waals surface area contributed by atoms with Crippen LogP contribution in [0.4, 0.5) is 4.79 Å². The molecule has 0 aliphatic carbocycles. The molecule has 0 spiro atoms. The number of carbonyl (C=O) groups is 2. The van der Waals surface area contributed by atoms with Gasteiger partial charge in [-0.05, 0) is 40.0 Å². The molecule has 0 unspecified atom stereocenters. The van der Waals surface area contributed by atoms with Gasteiger partial charge in [0.1, 0.15) is 5.60 Å². The first kappa shape index (κ1) is 14.0. The Labute approximate surface area is 102 Å². The van der Waals surface area contributed by atoms with Crippen molar-refractivity contribution in [2.45, 2.75) is 51.7 Å². The van der Waals surface area contributed by atoms with Gasteiger partial charge in [0.2, 0.25) is 0 Å². The minimum Gasteiger partial charge on any atom is -0.444 e. The van der Waals surface area contributed by atoms with Gasteiger partial charge in [-0.2, -0.15) is 0 Å². The molecule has 1 aliphatic rings. The fourth-order valence-corrected chi connectivity index (χ4v) is 1.94. The number of ether oxygens (including phenoxy) is 1. The summed E-state index contributed by atoms with van der Waals surface area (Å²) < 4.78 is 5.30. The van der Waals surface area contributed by atoms with Gasteiger partial charge in [-0.3, -0.25) is 9.69 Å². The number of ketones is 1. The minimum atomic E-state index is -0.537. The van der Waals surface area contributed by atoms with Crippen molar-refractivity contribution in [3.05, 3.63) is 0 Å². The van der Waals surface area contributed by atoms with Gasteiger partial charge < -0.3 is 10.5 Å². The molecule has 1 rings (SSSR count). The van der Waals surface area contributed by atoms with Crippen LogP contribution in [0.5, 0.6) is 0 Å². The monoisotopic (exact) mass is 242 g/mol. The van der Waals surface area contributed by atoms with Crippen molar-refractivity contribution in [1.29, 1.82) is 0 Å². The normalized spacial score (nSPS) is 21.2. The van der Waals surface area contributed by atoms with Crippen molar-refractivity contribution in [3.8, 4) is 0 Å². The van der Waals surface area contributed by atoms with Crippen molar-refractivity contribution in [1.82, 2.24) is 4.90 Å². The van der Waals surface area contributed by atoms with E-state index in [1.165, 1.54) is 4.90 Å². The Morgan fingerprint density at radius 3 is 2.53 bits per heavy atom. The number of carbonyl (C=O) groups excluding carboxylic acids is 2. The minimum absolute atomic E-state index is 0.0238. The summed E-state index contributed by atoms with van der Waals surface area (Å²) in [6, 6.07) is -0.399. The summed E-state index contributed by atoms with van der Waals surface area (Å²) in [5.41, 5.74) is 4.83. The zero-order chi connectivity index (χ0) is 13.1. The molecule has 0 bridgehead atoms. The Bertz CT molecular complexity index is 297. The van der Waals surface area contributed by atoms with E-state index in [9.17, 15) is 9.59 Å². The molecule has 2 N–H and O–H groups in total. The van der Waals surface area contributed by atoms with Crippen LogP contribution in [0.2, 0.25) is 0 Å². The maximum Gasteiger partial charge on any atom is 0.410 e. The highest BCUT2D eigenvalue weighted by Crippen LogP contribution is 2.20. The summed E-state index contributed by atoms with van der Waals surface area (Å²) in [6.45, 7) is 5.99. The summed E-state index contributed by atoms with van der Waals surface area (Å²) in [6.07, 6.45) is 2.14. The van der Waals surface area contributed by atoms with E-state index < -0.39 is 17.7 Å². The number of nitrogens with two attached hydrogens (primary N) is 1. The average molecular weight is 242 g/mol. The van der Waals surface area contributed by atoms with Crippen LogP contribution >= 0.6 is 0 Å². The fourth-order valence-electron chi connectivity index (χ4n) is 1.94. The standard InChI is InChI=1S/C12H22N2O3/c1-12(2,3)17-11(16)14-7-5-4-6-9(14)10(15)8-13/h9H,4-8,13H2,1-3H3/t9-/m1/s1. The van der Waals surface area contributed by atoms with Crippen LogP contribution in [0, 0.1) is 0 Å². The van der Waals surface area contributed by atoms with Crippen molar-refractivity contribution in [2.24, 2.45) is 5.73 Å². The van der Waals surface area contributed by atoms with Gasteiger partial charge >= 0.3 is 6.09 Å². The average Bonchev–Trinajstić information content (AvgIpc) is 2.25. The van der Waals surface area contributed by atoms with E-state index in [-0.39, 0.29) is 12.3 Å². The Morgan fingerprint density at radius 2 is 2.00 bits per heavy atom. The molecule has 1 heterocycles. The lowest BCUT2D eigenvalue weighted by molar-refractivity contribution is -0.124. The Kier molecular flexibility index (Phi) is 4.51. The second-order valence-corrected chi connectivity index (χ2v) is 5.36. The number of likely N-dealkylation sites (tertiary alicyclic amines) is 1. The fraction of sp³-hybridized carbons (Fsp3) is 0.833. The summed E-state index contributed by atoms with van der Waals surface area (Å²) in [7, 11) is 0. The SMILES string of the molecule is CC(C)(C)OC(=O)N1CCCC[C@@H]1C(=O)CN. The maximum atomic E-state index is 12.0. The highest BCUT2D eigenvalue weighted by Gasteiger charge is 2.33. The van der Waals surface area contributed by atoms with Crippen LogP contribution in [0.25, 0.3) is 0 Å². The zero-order valence-electron chi connectivity index (χ0n) is 10.9. The number of Topliss-reactive ketones (excluding diaryl/α,β-unsaturated/α-hetero) is 1. The molecule has 5 nitrogen and oxygen atoms in total. The van der Waals surface area contributed by atoms with E-state index in [4.69, 9.17) is 10.5 Å². The second-order valence-electron chi connectivity index (χ2n) is 5.36. The Morgan fingerprint density at radius 1 is 1.35 bits per heavy atom. The number of nitrogens with zero attached hydrogens (tertiary/aromatic N) is 1. The summed E-state index contributed by atoms with van der Waals surface area (Å²) in [4.78, 5) is 25.1. The van der Waals surface area contributed by atoms with Crippen molar-refractivity contribution >= 4 is 11.9 Å². The second kappa shape index (κ2) is 5.49. The van der Waals surface area contributed by atoms with E-state index in [0.717, 1.165) is 12.8 Å². The Hall–Kier alpha value is -1.10. The number of rotatable bonds is 2. The molecule has 1 fully saturated rings. The lowest BCUT2D eigenvalue weighted by Gasteiger charge is -2.35. The van der Waals surface area contributed by atoms with Crippen LogP contribution < -0.4 is 5.73 Å². The van der Waals surface area contributed by atoms with Gasteiger partial charge in [-0.15, -0.1) is 0 Å². The van der Waals surface area contributed by atoms with Crippen LogP contribution in [0.15, 0.2) is 0 Å². The van der Waals surface area contributed by atoms with Crippen molar-refractivity contribution < 1.29 is 14.3 Å². The number of amides is 1. The van der Waals surface area contributed by atoms with E-state index in [1.54, 1.807) is 0 Å². The molecule has 1 atom stereocenters. The topological polar surface area (TPSA) is 72.6 Å². The number of piperidine rings is 1. The van der Waals surface area contributed by atoms with Gasteiger partial charge in [-0.1, -0.05) is 0 Å². The first-order valence-electron chi connectivity index (χ1n) is 6.07. The largest absolute Gasteiger partial charge is 0.444 e. The van der Waals surface area contributed by atoms with Crippen LogP contribution in [-0.2, 0) is 9.53 Å². The first-order valence-corrected chi connectivity index (χ1v) is 6.07. The smallest absolute Gasteiger partial charge is 0.410 e. The van der Waals surface area contributed by atoms with Gasteiger partial charge in [0, 0.05) is 6.54 Å². The molecule has 0 aromatic rings. The van der Waals surface area contributed by atoms with E-state index in [1.807, 2.05) is 20.8 Å². The lowest BCUT2D eigenvalue weighted by atomic mass is 9.99. The highest BCUT2D eigenvalue weighted by molar-refractivity contribution is 5.89. The molecule has 0 saturated carbocycles. The van der Waals surface area contributed by atoms with Crippen molar-refractivity contribution in [3.63, 3.8) is 0 Å². The van der Waals surface area contributed by atoms with Gasteiger partial charge in [0.05, 0.1) is 12.6 Å². The third kappa shape index (κ3) is 4.00. The summed E-state index contributed by atoms with van der Waals surface area (Å²) >= 11 is 0. The molecule has 5 heteroatoms. The lowest BCUT2D eigenvalue weighted by Crippen LogP contribution is -2.51. The molecule has 17 heavy (non-hydrogen) atoms. The third-order valence-corrected chi connectivity index (χ3v) is 2.70. The van der Waals surface area contributed by atoms with Gasteiger partial charge in [0.15, 0.2) is 5.78 Å². The van der Waals surface area contributed by atoms with Crippen molar-refractivity contribution in [2.75, 3.05) is 13.1 Å². The van der Waals surface area contributed by atoms with E-state index in [0.29, 0.717) is 13.0 Å². The predicted molar refractivity (Wildman–Crippen MR) is 64.6 cm³/mol. The van der Waals surface area contributed by atoms with Crippen LogP contribution in [0.1, 0.15) is 40.0 Å². The molecular formula is C12H22N2O3. The molecule has 98 valence electrons. The van der Waals surface area contributed by atoms with Gasteiger partial charge in [-0.25, -0.2) is 4.79 Å². The molecule has 1 saturated heterocycles. The van der Waals surface area contributed by atoms with E-state index in [2.05, 4.69) is 0 Å². The van der Waals surface area contributed by atoms with Crippen LogP contribution in [-0.4, -0.2) is 41.5 Å². The molecule has 0 aromatic heterocycles. The van der Waals surface area contributed by atoms with Crippen LogP contribution in [0.3, 0.4) is 0 Å². The molecule has 0 aromatic carbocycles. The molecule has 0 radical (unpaired) electrons. The quantitative estimate of drug-likeness (QED) is 0.792. The zero-order valence-corrected chi connectivity index (χ0v) is 10.9. The van der Waals surface area contributed by atoms with Gasteiger partial charge in [0.25, 0.3) is 0 Å². The molecular weight excluding hydrogens is 220 g/mol.